The summed E-state index contributed by atoms with van der Waals surface area (Å²) in [7, 11) is 0. The third kappa shape index (κ3) is 12.0. The molecule has 0 spiro atoms. The Bertz CT molecular complexity index is 1050. The molecule has 0 aliphatic heterocycles. The lowest BCUT2D eigenvalue weighted by Gasteiger charge is -2.33. The summed E-state index contributed by atoms with van der Waals surface area (Å²) in [5.41, 5.74) is 0.107. The number of ether oxygens (including phenoxy) is 3. The van der Waals surface area contributed by atoms with Crippen LogP contribution in [0, 0.1) is 16.0 Å². The second kappa shape index (κ2) is 14.9. The van der Waals surface area contributed by atoms with Crippen LogP contribution in [-0.2, 0) is 20.6 Å². The molecule has 0 bridgehead atoms. The van der Waals surface area contributed by atoms with Gasteiger partial charge in [-0.2, -0.15) is 0 Å². The van der Waals surface area contributed by atoms with Crippen LogP contribution in [0.1, 0.15) is 47.1 Å². The first kappa shape index (κ1) is 31.4. The molecule has 0 aliphatic carbocycles. The lowest BCUT2D eigenvalue weighted by atomic mass is 10.0. The van der Waals surface area contributed by atoms with Gasteiger partial charge in [-0.15, -0.1) is 5.06 Å². The van der Waals surface area contributed by atoms with E-state index in [2.05, 4.69) is 5.32 Å². The van der Waals surface area contributed by atoms with Crippen LogP contribution in [0.2, 0.25) is 0 Å². The van der Waals surface area contributed by atoms with Gasteiger partial charge < -0.3 is 24.4 Å². The van der Waals surface area contributed by atoms with Crippen LogP contribution in [0.25, 0.3) is 0 Å². The number of hydrogen-bond donors (Lipinski definition) is 1. The van der Waals surface area contributed by atoms with E-state index in [4.69, 9.17) is 19.0 Å². The molecule has 11 heteroatoms. The molecule has 0 aliphatic rings. The predicted octanol–water partition coefficient (Wildman–Crippen LogP) is 5.52. The fraction of sp³-hybridized carbons (Fsp3) is 0.500. The maximum Gasteiger partial charge on any atom is 0.508 e. The molecule has 214 valence electrons. The van der Waals surface area contributed by atoms with Gasteiger partial charge in [0.2, 0.25) is 0 Å². The number of benzene rings is 2. The molecule has 39 heavy (non-hydrogen) atoms. The SMILES string of the molecule is CCOC(=O)OC(CN(CC(C)C)Oc1ccc([N+](=O)[O-])cc1)C(Cc1ccccc1)NC(=O)OC(C)(C)C. The quantitative estimate of drug-likeness (QED) is 0.196. The number of nitrogens with zero attached hydrogens (tertiary/aromatic N) is 2. The highest BCUT2D eigenvalue weighted by Gasteiger charge is 2.32. The number of hydrogen-bond acceptors (Lipinski definition) is 9. The second-order valence-electron chi connectivity index (χ2n) is 10.4. The van der Waals surface area contributed by atoms with Gasteiger partial charge >= 0.3 is 12.2 Å². The normalized spacial score (nSPS) is 12.9. The Morgan fingerprint density at radius 3 is 2.21 bits per heavy atom. The molecular formula is C28H39N3O8. The van der Waals surface area contributed by atoms with Crippen LogP contribution in [0.5, 0.6) is 5.75 Å². The lowest BCUT2D eigenvalue weighted by molar-refractivity contribution is -0.384. The number of amides is 1. The monoisotopic (exact) mass is 545 g/mol. The predicted molar refractivity (Wildman–Crippen MR) is 145 cm³/mol. The van der Waals surface area contributed by atoms with Gasteiger partial charge in [-0.25, -0.2) is 9.59 Å². The molecule has 2 rings (SSSR count). The van der Waals surface area contributed by atoms with Gasteiger partial charge in [-0.05, 0) is 57.7 Å². The van der Waals surface area contributed by atoms with Crippen LogP contribution < -0.4 is 10.2 Å². The van der Waals surface area contributed by atoms with Crippen molar-refractivity contribution >= 4 is 17.9 Å². The number of rotatable bonds is 13. The van der Waals surface area contributed by atoms with E-state index in [9.17, 15) is 19.7 Å². The first-order valence-corrected chi connectivity index (χ1v) is 12.9. The van der Waals surface area contributed by atoms with E-state index in [1.807, 2.05) is 44.2 Å². The lowest BCUT2D eigenvalue weighted by Crippen LogP contribution is -2.53. The zero-order chi connectivity index (χ0) is 29.0. The van der Waals surface area contributed by atoms with E-state index in [0.717, 1.165) is 5.56 Å². The molecule has 2 aromatic rings. The summed E-state index contributed by atoms with van der Waals surface area (Å²) < 4.78 is 16.2. The van der Waals surface area contributed by atoms with Crippen LogP contribution in [0.15, 0.2) is 54.6 Å². The van der Waals surface area contributed by atoms with Crippen molar-refractivity contribution in [1.82, 2.24) is 10.4 Å². The van der Waals surface area contributed by atoms with Gasteiger partial charge in [0.05, 0.1) is 24.1 Å². The third-order valence-electron chi connectivity index (χ3n) is 5.19. The molecule has 1 amide bonds. The minimum atomic E-state index is -0.909. The average molecular weight is 546 g/mol. The molecule has 0 fully saturated rings. The molecule has 11 nitrogen and oxygen atoms in total. The third-order valence-corrected chi connectivity index (χ3v) is 5.19. The van der Waals surface area contributed by atoms with Crippen molar-refractivity contribution in [1.29, 1.82) is 0 Å². The van der Waals surface area contributed by atoms with Crippen molar-refractivity contribution in [3.8, 4) is 5.75 Å². The summed E-state index contributed by atoms with van der Waals surface area (Å²) in [6, 6.07) is 14.4. The van der Waals surface area contributed by atoms with Crippen molar-refractivity contribution in [3.05, 3.63) is 70.3 Å². The molecule has 2 unspecified atom stereocenters. The van der Waals surface area contributed by atoms with E-state index >= 15 is 0 Å². The minimum Gasteiger partial charge on any atom is -0.444 e. The largest absolute Gasteiger partial charge is 0.508 e. The number of nitro groups is 1. The van der Waals surface area contributed by atoms with Crippen molar-refractivity contribution in [2.75, 3.05) is 19.7 Å². The van der Waals surface area contributed by atoms with E-state index in [-0.39, 0.29) is 24.8 Å². The summed E-state index contributed by atoms with van der Waals surface area (Å²) >= 11 is 0. The first-order chi connectivity index (χ1) is 18.4. The van der Waals surface area contributed by atoms with Gasteiger partial charge in [0, 0.05) is 18.7 Å². The number of nitro benzene ring substituents is 1. The molecular weight excluding hydrogens is 506 g/mol. The Hall–Kier alpha value is -3.86. The standard InChI is InChI=1S/C28H39N3O8/c1-7-36-27(33)37-25(19-30(18-20(2)3)39-23-15-13-22(14-16-23)31(34)35)24(17-21-11-9-8-10-12-21)29-26(32)38-28(4,5)6/h8-16,20,24-25H,7,17-19H2,1-6H3,(H,29,32). The summed E-state index contributed by atoms with van der Waals surface area (Å²) in [6.07, 6.45) is -2.12. The van der Waals surface area contributed by atoms with Gasteiger partial charge in [0.1, 0.15) is 17.5 Å². The Labute approximate surface area is 229 Å². The maximum absolute atomic E-state index is 12.8. The van der Waals surface area contributed by atoms with Gasteiger partial charge in [-0.3, -0.25) is 10.1 Å². The Morgan fingerprint density at radius 1 is 1.03 bits per heavy atom. The summed E-state index contributed by atoms with van der Waals surface area (Å²) in [6.45, 7) is 11.5. The van der Waals surface area contributed by atoms with Crippen LogP contribution >= 0.6 is 0 Å². The number of alkyl carbamates (subject to hydrolysis) is 1. The molecule has 0 heterocycles. The first-order valence-electron chi connectivity index (χ1n) is 12.9. The maximum atomic E-state index is 12.8. The number of non-ortho nitro benzene ring substituents is 1. The molecule has 0 saturated heterocycles. The van der Waals surface area contributed by atoms with Crippen LogP contribution in [0.3, 0.4) is 0 Å². The highest BCUT2D eigenvalue weighted by molar-refractivity contribution is 5.68. The molecule has 1 N–H and O–H groups in total. The van der Waals surface area contributed by atoms with E-state index in [0.29, 0.717) is 18.7 Å². The molecule has 0 aromatic heterocycles. The average Bonchev–Trinajstić information content (AvgIpc) is 2.83. The van der Waals surface area contributed by atoms with E-state index < -0.39 is 34.9 Å². The fourth-order valence-electron chi connectivity index (χ4n) is 3.66. The minimum absolute atomic E-state index is 0.0568. The zero-order valence-corrected chi connectivity index (χ0v) is 23.4. The summed E-state index contributed by atoms with van der Waals surface area (Å²) in [5, 5.41) is 15.5. The highest BCUT2D eigenvalue weighted by atomic mass is 16.7. The zero-order valence-electron chi connectivity index (χ0n) is 23.4. The number of hydroxylamine groups is 2. The Morgan fingerprint density at radius 2 is 1.67 bits per heavy atom. The Kier molecular flexibility index (Phi) is 12.0. The van der Waals surface area contributed by atoms with Crippen molar-refractivity contribution < 1.29 is 33.6 Å². The van der Waals surface area contributed by atoms with Gasteiger partial charge in [-0.1, -0.05) is 44.2 Å². The molecule has 0 saturated carbocycles. The molecule has 0 radical (unpaired) electrons. The topological polar surface area (TPSA) is 129 Å². The number of carbonyl (C=O) groups is 2. The van der Waals surface area contributed by atoms with E-state index in [1.165, 1.54) is 24.3 Å². The van der Waals surface area contributed by atoms with Gasteiger partial charge in [0.15, 0.2) is 0 Å². The van der Waals surface area contributed by atoms with Crippen molar-refractivity contribution in [2.24, 2.45) is 5.92 Å². The number of carbonyl (C=O) groups excluding carboxylic acids is 2. The fourth-order valence-corrected chi connectivity index (χ4v) is 3.66. The molecule has 2 atom stereocenters. The van der Waals surface area contributed by atoms with Crippen LogP contribution in [0.4, 0.5) is 15.3 Å². The van der Waals surface area contributed by atoms with E-state index in [1.54, 1.807) is 32.8 Å². The van der Waals surface area contributed by atoms with Gasteiger partial charge in [0.25, 0.3) is 5.69 Å². The summed E-state index contributed by atoms with van der Waals surface area (Å²) in [5.74, 6) is 0.522. The highest BCUT2D eigenvalue weighted by Crippen LogP contribution is 2.20. The van der Waals surface area contributed by atoms with Crippen molar-refractivity contribution in [2.45, 2.75) is 65.7 Å². The van der Waals surface area contributed by atoms with Crippen LogP contribution in [-0.4, -0.2) is 59.7 Å². The second-order valence-corrected chi connectivity index (χ2v) is 10.4. The van der Waals surface area contributed by atoms with Crippen molar-refractivity contribution in [3.63, 3.8) is 0 Å². The number of nitrogens with one attached hydrogen (secondary N) is 1. The smallest absolute Gasteiger partial charge is 0.444 e. The summed E-state index contributed by atoms with van der Waals surface area (Å²) in [4.78, 5) is 41.9. The molecule has 2 aromatic carbocycles. The Balaban J connectivity index is 2.38.